The van der Waals surface area contributed by atoms with Crippen LogP contribution in [0.5, 0.6) is 0 Å². The number of carboxylic acid groups (broad SMARTS) is 1. The van der Waals surface area contributed by atoms with Crippen molar-refractivity contribution in [2.75, 3.05) is 18.6 Å². The van der Waals surface area contributed by atoms with Gasteiger partial charge in [-0.25, -0.2) is 9.59 Å². The molecule has 0 bridgehead atoms. The van der Waals surface area contributed by atoms with E-state index in [1.807, 2.05) is 42.7 Å². The van der Waals surface area contributed by atoms with E-state index in [4.69, 9.17) is 4.74 Å². The monoisotopic (exact) mass is 470 g/mol. The first-order chi connectivity index (χ1) is 15.8. The van der Waals surface area contributed by atoms with Crippen LogP contribution in [0.4, 0.5) is 4.79 Å². The van der Waals surface area contributed by atoms with Crippen molar-refractivity contribution in [1.29, 1.82) is 0 Å². The normalized spacial score (nSPS) is 14.2. The molecule has 176 valence electrons. The van der Waals surface area contributed by atoms with E-state index in [1.54, 1.807) is 13.8 Å². The Kier molecular flexibility index (Phi) is 8.38. The van der Waals surface area contributed by atoms with Crippen molar-refractivity contribution in [2.45, 2.75) is 38.3 Å². The summed E-state index contributed by atoms with van der Waals surface area (Å²) in [6, 6.07) is 14.2. The van der Waals surface area contributed by atoms with E-state index in [0.29, 0.717) is 12.2 Å². The van der Waals surface area contributed by atoms with E-state index in [1.165, 1.54) is 11.8 Å². The van der Waals surface area contributed by atoms with Crippen molar-refractivity contribution in [2.24, 2.45) is 5.92 Å². The summed E-state index contributed by atoms with van der Waals surface area (Å²) in [5.41, 5.74) is 4.46. The number of carbonyl (C=O) groups is 3. The van der Waals surface area contributed by atoms with Crippen molar-refractivity contribution in [3.05, 3.63) is 59.7 Å². The van der Waals surface area contributed by atoms with Gasteiger partial charge in [0, 0.05) is 5.92 Å². The number of benzene rings is 2. The highest BCUT2D eigenvalue weighted by Gasteiger charge is 2.31. The number of carboxylic acids is 1. The molecule has 0 aliphatic heterocycles. The lowest BCUT2D eigenvalue weighted by molar-refractivity contribution is -0.142. The Labute approximate surface area is 198 Å². The zero-order valence-corrected chi connectivity index (χ0v) is 19.9. The molecule has 0 heterocycles. The molecule has 0 radical (unpaired) electrons. The van der Waals surface area contributed by atoms with Gasteiger partial charge in [-0.3, -0.25) is 4.79 Å². The lowest BCUT2D eigenvalue weighted by Crippen LogP contribution is -2.54. The molecule has 0 saturated heterocycles. The van der Waals surface area contributed by atoms with E-state index in [2.05, 4.69) is 22.8 Å². The molecule has 3 N–H and O–H groups in total. The Hall–Kier alpha value is -3.00. The number of rotatable bonds is 10. The lowest BCUT2D eigenvalue weighted by Gasteiger charge is -2.24. The average Bonchev–Trinajstić information content (AvgIpc) is 3.12. The topological polar surface area (TPSA) is 105 Å². The third-order valence-electron chi connectivity index (χ3n) is 5.79. The standard InChI is InChI=1S/C25H30N2O5S/c1-15(2)22(23(28)26-21(24(29)30)12-13-33-3)27-25(31)32-14-20-18-10-6-4-8-16(18)17-9-5-7-11-19(17)20/h4-11,15,20-22H,12-14H2,1-3H3,(H,26,28)(H,27,31)(H,29,30)/t21-,22?/m0/s1. The Morgan fingerprint density at radius 3 is 2.09 bits per heavy atom. The Balaban J connectivity index is 1.64. The van der Waals surface area contributed by atoms with Gasteiger partial charge in [-0.15, -0.1) is 0 Å². The number of aliphatic carboxylic acids is 1. The van der Waals surface area contributed by atoms with Crippen LogP contribution in [0.15, 0.2) is 48.5 Å². The molecule has 0 aromatic heterocycles. The molecule has 2 aromatic carbocycles. The van der Waals surface area contributed by atoms with Crippen molar-refractivity contribution in [1.82, 2.24) is 10.6 Å². The second kappa shape index (κ2) is 11.2. The van der Waals surface area contributed by atoms with Crippen LogP contribution in [0, 0.1) is 5.92 Å². The molecule has 1 unspecified atom stereocenters. The molecular weight excluding hydrogens is 440 g/mol. The molecule has 2 aromatic rings. The summed E-state index contributed by atoms with van der Waals surface area (Å²) < 4.78 is 5.54. The predicted molar refractivity (Wildman–Crippen MR) is 129 cm³/mol. The minimum absolute atomic E-state index is 0.0857. The summed E-state index contributed by atoms with van der Waals surface area (Å²) in [6.45, 7) is 3.70. The van der Waals surface area contributed by atoms with Gasteiger partial charge in [0.2, 0.25) is 5.91 Å². The zero-order chi connectivity index (χ0) is 24.0. The number of hydrogen-bond acceptors (Lipinski definition) is 5. The van der Waals surface area contributed by atoms with Crippen LogP contribution in [0.3, 0.4) is 0 Å². The summed E-state index contributed by atoms with van der Waals surface area (Å²) >= 11 is 1.50. The minimum atomic E-state index is -1.10. The van der Waals surface area contributed by atoms with E-state index < -0.39 is 30.1 Å². The molecule has 2 amide bonds. The van der Waals surface area contributed by atoms with E-state index in [0.717, 1.165) is 22.3 Å². The molecule has 2 atom stereocenters. The maximum absolute atomic E-state index is 12.7. The number of ether oxygens (including phenoxy) is 1. The molecule has 0 fully saturated rings. The molecule has 8 heteroatoms. The van der Waals surface area contributed by atoms with E-state index in [-0.39, 0.29) is 18.4 Å². The van der Waals surface area contributed by atoms with E-state index >= 15 is 0 Å². The first-order valence-electron chi connectivity index (χ1n) is 11.0. The third kappa shape index (κ3) is 5.87. The molecule has 1 aliphatic rings. The van der Waals surface area contributed by atoms with Crippen molar-refractivity contribution < 1.29 is 24.2 Å². The number of alkyl carbamates (subject to hydrolysis) is 1. The van der Waals surface area contributed by atoms with Gasteiger partial charge in [0.15, 0.2) is 0 Å². The second-order valence-corrected chi connectivity index (χ2v) is 9.36. The summed E-state index contributed by atoms with van der Waals surface area (Å²) in [5, 5.41) is 14.5. The number of fused-ring (bicyclic) bond motifs is 3. The van der Waals surface area contributed by atoms with Gasteiger partial charge in [-0.2, -0.15) is 11.8 Å². The average molecular weight is 471 g/mol. The van der Waals surface area contributed by atoms with Crippen LogP contribution in [-0.2, 0) is 14.3 Å². The van der Waals surface area contributed by atoms with Crippen molar-refractivity contribution in [3.63, 3.8) is 0 Å². The highest BCUT2D eigenvalue weighted by molar-refractivity contribution is 7.98. The van der Waals surface area contributed by atoms with E-state index in [9.17, 15) is 19.5 Å². The Morgan fingerprint density at radius 2 is 1.58 bits per heavy atom. The van der Waals surface area contributed by atoms with Crippen LogP contribution in [0.25, 0.3) is 11.1 Å². The third-order valence-corrected chi connectivity index (χ3v) is 6.44. The molecule has 0 saturated carbocycles. The summed E-state index contributed by atoms with van der Waals surface area (Å²) in [6.07, 6.45) is 1.47. The van der Waals surface area contributed by atoms with Gasteiger partial charge in [0.05, 0.1) is 0 Å². The fourth-order valence-corrected chi connectivity index (χ4v) is 4.53. The number of amides is 2. The Morgan fingerprint density at radius 1 is 1.00 bits per heavy atom. The number of thioether (sulfide) groups is 1. The molecule has 0 spiro atoms. The van der Waals surface area contributed by atoms with Crippen LogP contribution in [-0.4, -0.2) is 53.8 Å². The smallest absolute Gasteiger partial charge is 0.407 e. The van der Waals surface area contributed by atoms with Gasteiger partial charge in [-0.1, -0.05) is 62.4 Å². The number of hydrogen-bond donors (Lipinski definition) is 3. The highest BCUT2D eigenvalue weighted by Crippen LogP contribution is 2.44. The van der Waals surface area contributed by atoms with Crippen LogP contribution in [0.1, 0.15) is 37.3 Å². The van der Waals surface area contributed by atoms with Crippen molar-refractivity contribution in [3.8, 4) is 11.1 Å². The van der Waals surface area contributed by atoms with Crippen LogP contribution >= 0.6 is 11.8 Å². The molecule has 1 aliphatic carbocycles. The second-order valence-electron chi connectivity index (χ2n) is 8.37. The molecule has 3 rings (SSSR count). The largest absolute Gasteiger partial charge is 0.480 e. The van der Waals surface area contributed by atoms with Gasteiger partial charge in [-0.05, 0) is 46.6 Å². The van der Waals surface area contributed by atoms with Gasteiger partial charge >= 0.3 is 12.1 Å². The number of nitrogens with one attached hydrogen (secondary N) is 2. The van der Waals surface area contributed by atoms with Gasteiger partial charge < -0.3 is 20.5 Å². The minimum Gasteiger partial charge on any atom is -0.480 e. The molecule has 33 heavy (non-hydrogen) atoms. The maximum Gasteiger partial charge on any atom is 0.407 e. The zero-order valence-electron chi connectivity index (χ0n) is 19.0. The summed E-state index contributed by atoms with van der Waals surface area (Å²) in [7, 11) is 0. The maximum atomic E-state index is 12.7. The first-order valence-corrected chi connectivity index (χ1v) is 12.4. The quantitative estimate of drug-likeness (QED) is 0.487. The first kappa shape index (κ1) is 24.6. The van der Waals surface area contributed by atoms with Crippen molar-refractivity contribution >= 4 is 29.7 Å². The van der Waals surface area contributed by atoms with Crippen LogP contribution in [0.2, 0.25) is 0 Å². The Bertz CT molecular complexity index is 964. The predicted octanol–water partition coefficient (Wildman–Crippen LogP) is 3.87. The fourth-order valence-electron chi connectivity index (χ4n) is 4.06. The molecular formula is C25H30N2O5S. The molecule has 7 nitrogen and oxygen atoms in total. The summed E-state index contributed by atoms with van der Waals surface area (Å²) in [5.74, 6) is -1.37. The summed E-state index contributed by atoms with van der Waals surface area (Å²) in [4.78, 5) is 36.8. The SMILES string of the molecule is CSCC[C@H](NC(=O)C(NC(=O)OCC1c2ccccc2-c2ccccc21)C(C)C)C(=O)O. The van der Waals surface area contributed by atoms with Crippen LogP contribution < -0.4 is 10.6 Å². The number of carbonyl (C=O) groups excluding carboxylic acids is 2. The lowest BCUT2D eigenvalue weighted by atomic mass is 9.98. The fraction of sp³-hybridized carbons (Fsp3) is 0.400. The highest BCUT2D eigenvalue weighted by atomic mass is 32.2. The van der Waals surface area contributed by atoms with Gasteiger partial charge in [0.25, 0.3) is 0 Å². The van der Waals surface area contributed by atoms with Gasteiger partial charge in [0.1, 0.15) is 18.7 Å².